The van der Waals surface area contributed by atoms with Crippen molar-refractivity contribution in [3.8, 4) is 44.5 Å². The van der Waals surface area contributed by atoms with Gasteiger partial charge in [0.25, 0.3) is 0 Å². The number of nitrogen functional groups attached to an aromatic ring is 4. The Morgan fingerprint density at radius 3 is 0.896 bits per heavy atom. The van der Waals surface area contributed by atoms with Crippen LogP contribution in [0.5, 0.6) is 0 Å². The van der Waals surface area contributed by atoms with Gasteiger partial charge in [0, 0.05) is 114 Å². The second-order valence-electron chi connectivity index (χ2n) is 32.1. The summed E-state index contributed by atoms with van der Waals surface area (Å²) in [5.74, 6) is 3.92. The molecule has 8 aromatic carbocycles. The lowest BCUT2D eigenvalue weighted by molar-refractivity contribution is 0.261. The van der Waals surface area contributed by atoms with Gasteiger partial charge in [0.2, 0.25) is 0 Å². The van der Waals surface area contributed by atoms with Gasteiger partial charge in [-0.25, -0.2) is 57.8 Å². The standard InChI is InChI=1S/3C24H24N6O.C23H20Cl2N6O/c1-14-3-9-17(10-4-14)26-24(31)27-18-11-7-15(8-12-18)19-13-20(16-5-6-16)28-23-21(19)22(25)29-30(23)2;1-14-4-3-5-18(12-14)27-24(31)26-17-10-8-15(9-11-17)19-13-20(16-6-7-16)28-23-21(19)22(25)29-30(23)2;1-14-5-3-4-6-19(14)28-24(31)26-17-11-9-15(10-12-17)18-13-20(16-7-8-16)27-23-21(18)22(25)29-30(23)2;1-31-22-19(21(26)30-31)15(11-18(28-22)13-5-6-13)12-7-9-14(10-8-12)27-23(32)29-20-16(24)3-2-4-17(20)25/h3-4,7-13,16H,5-6H2,1-2H3,(H2,25,29)(H2,26,27,31);3-5,8-13,16H,6-7H2,1-2H3,(H2,25,29)(H2,26,27,31);3-6,9-13,16H,7-8H2,1-2H3,(H2,25,29)(H2,26,28,31);2-4,7-11,13H,5-6H2,1H3,(H2,26,30)(H2,27,29,32). The number of pyridine rings is 4. The van der Waals surface area contributed by atoms with Gasteiger partial charge in [-0.05, 0) is 243 Å². The number of aromatic nitrogens is 12. The van der Waals surface area contributed by atoms with Crippen LogP contribution >= 0.6 is 23.2 Å². The molecule has 16 N–H and O–H groups in total. The third-order valence-electron chi connectivity index (χ3n) is 22.3. The molecule has 30 heteroatoms. The minimum Gasteiger partial charge on any atom is -0.382 e. The van der Waals surface area contributed by atoms with Gasteiger partial charge in [-0.2, -0.15) is 20.4 Å². The average Bonchev–Trinajstić information content (AvgIpc) is 1.62. The van der Waals surface area contributed by atoms with Crippen LogP contribution in [0.15, 0.2) is 212 Å². The molecule has 630 valence electrons. The number of rotatable bonds is 16. The maximum Gasteiger partial charge on any atom is 0.323 e. The quantitative estimate of drug-likeness (QED) is 0.0427. The molecular weight excluding hydrogens is 1610 g/mol. The highest BCUT2D eigenvalue weighted by molar-refractivity contribution is 6.40. The molecule has 0 saturated heterocycles. The molecule has 8 heterocycles. The van der Waals surface area contributed by atoms with Crippen molar-refractivity contribution < 1.29 is 19.2 Å². The lowest BCUT2D eigenvalue weighted by atomic mass is 10.0. The smallest absolute Gasteiger partial charge is 0.323 e. The maximum absolute atomic E-state index is 12.4. The van der Waals surface area contributed by atoms with Crippen molar-refractivity contribution in [3.63, 3.8) is 0 Å². The van der Waals surface area contributed by atoms with Crippen LogP contribution in [0.2, 0.25) is 10.0 Å². The first-order chi connectivity index (χ1) is 60.3. The van der Waals surface area contributed by atoms with Crippen LogP contribution < -0.4 is 65.5 Å². The number of nitrogens with zero attached hydrogens (tertiary/aromatic N) is 12. The van der Waals surface area contributed by atoms with Gasteiger partial charge < -0.3 is 65.5 Å². The monoisotopic (exact) mass is 1700 g/mol. The molecule has 0 spiro atoms. The fraction of sp³-hybridized carbons (Fsp3) is 0.200. The van der Waals surface area contributed by atoms with Crippen LogP contribution in [-0.4, -0.2) is 83.2 Å². The largest absolute Gasteiger partial charge is 0.382 e. The fourth-order valence-corrected chi connectivity index (χ4v) is 15.7. The van der Waals surface area contributed by atoms with Crippen LogP contribution in [0.3, 0.4) is 0 Å². The molecule has 4 saturated carbocycles. The minimum atomic E-state index is -0.438. The summed E-state index contributed by atoms with van der Waals surface area (Å²) in [6.07, 6.45) is 9.33. The minimum absolute atomic E-state index is 0.277. The lowest BCUT2D eigenvalue weighted by Crippen LogP contribution is -2.19. The van der Waals surface area contributed by atoms with E-state index in [1.165, 1.54) is 38.5 Å². The number of carbonyl (C=O) groups excluding carboxylic acids is 4. The van der Waals surface area contributed by atoms with E-state index < -0.39 is 6.03 Å². The molecular formula is C95H92Cl2N24O4. The third-order valence-corrected chi connectivity index (χ3v) is 23.0. The van der Waals surface area contributed by atoms with Crippen LogP contribution in [-0.2, 0) is 28.2 Å². The number of carbonyl (C=O) groups is 4. The SMILES string of the molecule is Cc1ccc(NC(=O)Nc2ccc(-c3cc(C4CC4)nc4c3c(N)nn4C)cc2)cc1.Cc1cccc(NC(=O)Nc2ccc(-c3cc(C4CC4)nc4c3c(N)nn4C)cc2)c1.Cc1ccccc1NC(=O)Nc1ccc(-c2cc(C3CC3)nc3c2c(N)nn3C)cc1.Cn1nc(N)c2c(-c3ccc(NC(=O)Nc4c(Cl)cccc4Cl)cc3)cc(C3CC3)nc21. The Morgan fingerprint density at radius 1 is 0.312 bits per heavy atom. The molecule has 4 aliphatic rings. The van der Waals surface area contributed by atoms with E-state index in [2.05, 4.69) is 87.2 Å². The Labute approximate surface area is 729 Å². The highest BCUT2D eigenvalue weighted by Gasteiger charge is 2.32. The van der Waals surface area contributed by atoms with Gasteiger partial charge in [-0.1, -0.05) is 126 Å². The van der Waals surface area contributed by atoms with Crippen LogP contribution in [0.25, 0.3) is 88.6 Å². The zero-order chi connectivity index (χ0) is 87.0. The molecule has 28 nitrogen and oxygen atoms in total. The molecule has 0 bridgehead atoms. The molecule has 0 atom stereocenters. The van der Waals surface area contributed by atoms with Gasteiger partial charge in [0.05, 0.1) is 37.3 Å². The van der Waals surface area contributed by atoms with E-state index in [9.17, 15) is 19.2 Å². The Balaban J connectivity index is 0.000000118. The summed E-state index contributed by atoms with van der Waals surface area (Å²) in [5, 5.41) is 44.3. The number of amides is 8. The summed E-state index contributed by atoms with van der Waals surface area (Å²) in [7, 11) is 7.45. The molecule has 0 unspecified atom stereocenters. The van der Waals surface area contributed by atoms with Gasteiger partial charge in [0.15, 0.2) is 45.9 Å². The molecule has 0 aliphatic heterocycles. The summed E-state index contributed by atoms with van der Waals surface area (Å²) in [4.78, 5) is 68.6. The Kier molecular flexibility index (Phi) is 23.0. The van der Waals surface area contributed by atoms with Crippen molar-refractivity contribution in [1.29, 1.82) is 0 Å². The zero-order valence-corrected chi connectivity index (χ0v) is 71.3. The Hall–Kier alpha value is -14.9. The van der Waals surface area contributed by atoms with Crippen LogP contribution in [0, 0.1) is 20.8 Å². The summed E-state index contributed by atoms with van der Waals surface area (Å²) in [6, 6.07) is 66.1. The van der Waals surface area contributed by atoms with Crippen molar-refractivity contribution in [2.24, 2.45) is 28.2 Å². The normalized spacial score (nSPS) is 13.4. The van der Waals surface area contributed by atoms with E-state index in [4.69, 9.17) is 66.1 Å². The summed E-state index contributed by atoms with van der Waals surface area (Å²) < 4.78 is 6.95. The van der Waals surface area contributed by atoms with Crippen molar-refractivity contribution in [3.05, 3.63) is 262 Å². The summed E-state index contributed by atoms with van der Waals surface area (Å²) in [6.45, 7) is 5.95. The molecule has 0 radical (unpaired) electrons. The Morgan fingerprint density at radius 2 is 0.592 bits per heavy atom. The first-order valence-corrected chi connectivity index (χ1v) is 42.0. The van der Waals surface area contributed by atoms with Crippen molar-refractivity contribution in [2.75, 3.05) is 65.5 Å². The zero-order valence-electron chi connectivity index (χ0n) is 69.7. The fourth-order valence-electron chi connectivity index (χ4n) is 15.2. The van der Waals surface area contributed by atoms with E-state index in [0.717, 1.165) is 158 Å². The van der Waals surface area contributed by atoms with Crippen LogP contribution in [0.4, 0.5) is 87.9 Å². The van der Waals surface area contributed by atoms with Gasteiger partial charge in [0.1, 0.15) is 0 Å². The highest BCUT2D eigenvalue weighted by atomic mass is 35.5. The van der Waals surface area contributed by atoms with Crippen LogP contribution in [0.1, 0.15) is 115 Å². The molecule has 8 amide bonds. The number of hydrogen-bond acceptors (Lipinski definition) is 16. The number of halogens is 2. The van der Waals surface area contributed by atoms with E-state index >= 15 is 0 Å². The second-order valence-corrected chi connectivity index (χ2v) is 32.9. The lowest BCUT2D eigenvalue weighted by Gasteiger charge is -2.12. The summed E-state index contributed by atoms with van der Waals surface area (Å²) >= 11 is 12.2. The average molecular weight is 1700 g/mol. The van der Waals surface area contributed by atoms with E-state index in [-0.39, 0.29) is 18.1 Å². The molecule has 125 heavy (non-hydrogen) atoms. The van der Waals surface area contributed by atoms with Gasteiger partial charge in [-0.3, -0.25) is 0 Å². The number of urea groups is 4. The van der Waals surface area contributed by atoms with E-state index in [1.54, 1.807) is 36.9 Å². The van der Waals surface area contributed by atoms with Crippen molar-refractivity contribution >= 4 is 160 Å². The summed E-state index contributed by atoms with van der Waals surface area (Å²) in [5.41, 5.74) is 49.0. The molecule has 8 aromatic heterocycles. The number of para-hydroxylation sites is 2. The van der Waals surface area contributed by atoms with Gasteiger partial charge >= 0.3 is 24.1 Å². The highest BCUT2D eigenvalue weighted by Crippen LogP contribution is 2.48. The number of benzene rings is 8. The molecule has 20 rings (SSSR count). The third kappa shape index (κ3) is 18.8. The number of nitrogens with two attached hydrogens (primary N) is 4. The van der Waals surface area contributed by atoms with Crippen molar-refractivity contribution in [1.82, 2.24) is 59.1 Å². The number of hydrogen-bond donors (Lipinski definition) is 12. The van der Waals surface area contributed by atoms with Crippen molar-refractivity contribution in [2.45, 2.75) is 95.8 Å². The van der Waals surface area contributed by atoms with E-state index in [0.29, 0.717) is 85.4 Å². The first-order valence-electron chi connectivity index (χ1n) is 41.2. The molecule has 4 fully saturated rings. The molecule has 4 aliphatic carbocycles. The Bertz CT molecular complexity index is 6810. The topological polar surface area (TPSA) is 391 Å². The first kappa shape index (κ1) is 82.4. The number of nitrogens with one attached hydrogen (secondary N) is 8. The predicted molar refractivity (Wildman–Crippen MR) is 502 cm³/mol. The number of aryl methyl sites for hydroxylation is 7. The van der Waals surface area contributed by atoms with E-state index in [1.807, 2.05) is 219 Å². The maximum atomic E-state index is 12.4. The predicted octanol–water partition coefficient (Wildman–Crippen LogP) is 21.2. The molecule has 16 aromatic rings. The number of anilines is 12. The second kappa shape index (κ2) is 34.9. The number of fused-ring (bicyclic) bond motifs is 4. The van der Waals surface area contributed by atoms with Gasteiger partial charge in [-0.15, -0.1) is 0 Å².